The number of carbonyl (C=O) groups excluding carboxylic acids is 1. The van der Waals surface area contributed by atoms with Gasteiger partial charge in [-0.05, 0) is 47.6 Å². The van der Waals surface area contributed by atoms with Gasteiger partial charge in [0.15, 0.2) is 0 Å². The van der Waals surface area contributed by atoms with E-state index in [2.05, 4.69) is 15.5 Å². The molecule has 0 aliphatic carbocycles. The first-order valence-electron chi connectivity index (χ1n) is 7.49. The minimum atomic E-state index is -0.836. The average Bonchev–Trinajstić information content (AvgIpc) is 2.85. The van der Waals surface area contributed by atoms with Crippen molar-refractivity contribution in [3.05, 3.63) is 35.7 Å². The standard InChI is InChI=1S/C17H23N3O3/c1-11-8-7-9-12(10-11)13-18-14(23-20-13)17(5,6)19-15(21)22-16(2,3)4/h7-10H,1-6H3,(H,19,21). The van der Waals surface area contributed by atoms with Crippen LogP contribution >= 0.6 is 0 Å². The van der Waals surface area contributed by atoms with Crippen LogP contribution in [-0.4, -0.2) is 21.8 Å². The Morgan fingerprint density at radius 2 is 1.91 bits per heavy atom. The van der Waals surface area contributed by atoms with Crippen molar-refractivity contribution >= 4 is 6.09 Å². The third-order valence-electron chi connectivity index (χ3n) is 3.05. The highest BCUT2D eigenvalue weighted by molar-refractivity contribution is 5.68. The summed E-state index contributed by atoms with van der Waals surface area (Å²) in [6.45, 7) is 11.0. The molecule has 6 nitrogen and oxygen atoms in total. The monoisotopic (exact) mass is 317 g/mol. The molecule has 1 heterocycles. The van der Waals surface area contributed by atoms with Crippen molar-refractivity contribution in [2.45, 2.75) is 52.7 Å². The topological polar surface area (TPSA) is 77.2 Å². The molecule has 1 aromatic heterocycles. The van der Waals surface area contributed by atoms with Gasteiger partial charge in [-0.2, -0.15) is 4.98 Å². The summed E-state index contributed by atoms with van der Waals surface area (Å²) in [5.41, 5.74) is 0.576. The molecule has 0 atom stereocenters. The van der Waals surface area contributed by atoms with E-state index in [1.807, 2.05) is 52.0 Å². The number of ether oxygens (including phenoxy) is 1. The van der Waals surface area contributed by atoms with Gasteiger partial charge >= 0.3 is 6.09 Å². The van der Waals surface area contributed by atoms with Crippen LogP contribution < -0.4 is 5.32 Å². The second-order valence-corrected chi connectivity index (χ2v) is 7.04. The van der Waals surface area contributed by atoms with Crippen molar-refractivity contribution in [3.63, 3.8) is 0 Å². The van der Waals surface area contributed by atoms with Gasteiger partial charge in [0.1, 0.15) is 11.1 Å². The van der Waals surface area contributed by atoms with Crippen LogP contribution in [0.1, 0.15) is 46.1 Å². The second kappa shape index (κ2) is 6.02. The zero-order chi connectivity index (χ0) is 17.3. The largest absolute Gasteiger partial charge is 0.444 e. The van der Waals surface area contributed by atoms with Crippen molar-refractivity contribution in [1.82, 2.24) is 15.5 Å². The Balaban J connectivity index is 2.16. The summed E-state index contributed by atoms with van der Waals surface area (Å²) >= 11 is 0. The van der Waals surface area contributed by atoms with Gasteiger partial charge < -0.3 is 14.6 Å². The first kappa shape index (κ1) is 17.0. The van der Waals surface area contributed by atoms with Gasteiger partial charge in [-0.25, -0.2) is 4.79 Å². The number of aryl methyl sites for hydroxylation is 1. The molecule has 0 fully saturated rings. The molecular formula is C17H23N3O3. The first-order valence-corrected chi connectivity index (χ1v) is 7.49. The van der Waals surface area contributed by atoms with Gasteiger partial charge in [0.05, 0.1) is 0 Å². The number of rotatable bonds is 3. The van der Waals surface area contributed by atoms with Crippen LogP contribution in [0, 0.1) is 6.92 Å². The summed E-state index contributed by atoms with van der Waals surface area (Å²) in [4.78, 5) is 16.3. The fraction of sp³-hybridized carbons (Fsp3) is 0.471. The maximum atomic E-state index is 11.9. The summed E-state index contributed by atoms with van der Waals surface area (Å²) in [5, 5.41) is 6.75. The van der Waals surface area contributed by atoms with Crippen LogP contribution in [0.4, 0.5) is 4.79 Å². The van der Waals surface area contributed by atoms with E-state index in [-0.39, 0.29) is 0 Å². The third kappa shape index (κ3) is 4.55. The minimum Gasteiger partial charge on any atom is -0.444 e. The molecule has 1 amide bonds. The molecule has 0 aliphatic rings. The number of nitrogens with zero attached hydrogens (tertiary/aromatic N) is 2. The fourth-order valence-electron chi connectivity index (χ4n) is 1.99. The van der Waals surface area contributed by atoms with E-state index in [0.717, 1.165) is 11.1 Å². The first-order chi connectivity index (χ1) is 10.6. The average molecular weight is 317 g/mol. The molecule has 0 unspecified atom stereocenters. The normalized spacial score (nSPS) is 12.1. The van der Waals surface area contributed by atoms with Crippen LogP contribution in [0.3, 0.4) is 0 Å². The lowest BCUT2D eigenvalue weighted by Crippen LogP contribution is -2.44. The molecule has 2 aromatic rings. The van der Waals surface area contributed by atoms with Gasteiger partial charge in [-0.15, -0.1) is 0 Å². The molecule has 1 aromatic carbocycles. The molecule has 0 aliphatic heterocycles. The van der Waals surface area contributed by atoms with Crippen LogP contribution in [0.15, 0.2) is 28.8 Å². The number of aromatic nitrogens is 2. The molecule has 0 bridgehead atoms. The van der Waals surface area contributed by atoms with Crippen LogP contribution in [0.25, 0.3) is 11.4 Å². The number of hydrogen-bond donors (Lipinski definition) is 1. The van der Waals surface area contributed by atoms with Crippen molar-refractivity contribution in [3.8, 4) is 11.4 Å². The van der Waals surface area contributed by atoms with E-state index in [1.165, 1.54) is 0 Å². The highest BCUT2D eigenvalue weighted by Gasteiger charge is 2.31. The van der Waals surface area contributed by atoms with Crippen molar-refractivity contribution < 1.29 is 14.1 Å². The summed E-state index contributed by atoms with van der Waals surface area (Å²) < 4.78 is 10.6. The zero-order valence-electron chi connectivity index (χ0n) is 14.4. The molecule has 23 heavy (non-hydrogen) atoms. The summed E-state index contributed by atoms with van der Waals surface area (Å²) in [7, 11) is 0. The fourth-order valence-corrected chi connectivity index (χ4v) is 1.99. The minimum absolute atomic E-state index is 0.319. The highest BCUT2D eigenvalue weighted by atomic mass is 16.6. The third-order valence-corrected chi connectivity index (χ3v) is 3.05. The van der Waals surface area contributed by atoms with Gasteiger partial charge in [-0.3, -0.25) is 0 Å². The number of carbonyl (C=O) groups is 1. The zero-order valence-corrected chi connectivity index (χ0v) is 14.4. The summed E-state index contributed by atoms with van der Waals surface area (Å²) in [6.07, 6.45) is -0.530. The molecule has 2 rings (SSSR count). The predicted molar refractivity (Wildman–Crippen MR) is 86.9 cm³/mol. The Kier molecular flexibility index (Phi) is 4.45. The van der Waals surface area contributed by atoms with E-state index in [4.69, 9.17) is 9.26 Å². The van der Waals surface area contributed by atoms with Crippen LogP contribution in [0.2, 0.25) is 0 Å². The highest BCUT2D eigenvalue weighted by Crippen LogP contribution is 2.23. The lowest BCUT2D eigenvalue weighted by Gasteiger charge is -2.25. The van der Waals surface area contributed by atoms with E-state index in [9.17, 15) is 4.79 Å². The molecule has 1 N–H and O–H groups in total. The van der Waals surface area contributed by atoms with Crippen LogP contribution in [0.5, 0.6) is 0 Å². The van der Waals surface area contributed by atoms with E-state index < -0.39 is 17.2 Å². The molecule has 0 spiro atoms. The Morgan fingerprint density at radius 3 is 2.52 bits per heavy atom. The predicted octanol–water partition coefficient (Wildman–Crippen LogP) is 3.80. The maximum absolute atomic E-state index is 11.9. The SMILES string of the molecule is Cc1cccc(-c2noc(C(C)(C)NC(=O)OC(C)(C)C)n2)c1. The molecule has 0 saturated carbocycles. The summed E-state index contributed by atoms with van der Waals surface area (Å²) in [6, 6.07) is 7.82. The quantitative estimate of drug-likeness (QED) is 0.931. The lowest BCUT2D eigenvalue weighted by molar-refractivity contribution is 0.0452. The van der Waals surface area contributed by atoms with Crippen molar-refractivity contribution in [1.29, 1.82) is 0 Å². The van der Waals surface area contributed by atoms with Gasteiger partial charge in [0, 0.05) is 5.56 Å². The van der Waals surface area contributed by atoms with Crippen LogP contribution in [-0.2, 0) is 10.3 Å². The van der Waals surface area contributed by atoms with Gasteiger partial charge in [0.2, 0.25) is 5.82 Å². The molecule has 6 heteroatoms. The Morgan fingerprint density at radius 1 is 1.22 bits per heavy atom. The van der Waals surface area contributed by atoms with Gasteiger partial charge in [0.25, 0.3) is 5.89 Å². The number of alkyl carbamates (subject to hydrolysis) is 1. The maximum Gasteiger partial charge on any atom is 0.408 e. The number of hydrogen-bond acceptors (Lipinski definition) is 5. The Bertz CT molecular complexity index is 699. The molecule has 0 saturated heterocycles. The van der Waals surface area contributed by atoms with Crippen molar-refractivity contribution in [2.75, 3.05) is 0 Å². The molecular weight excluding hydrogens is 294 g/mol. The van der Waals surface area contributed by atoms with E-state index in [1.54, 1.807) is 13.8 Å². The van der Waals surface area contributed by atoms with Crippen molar-refractivity contribution in [2.24, 2.45) is 0 Å². The van der Waals surface area contributed by atoms with Gasteiger partial charge in [-0.1, -0.05) is 28.9 Å². The number of amides is 1. The number of benzene rings is 1. The van der Waals surface area contributed by atoms with E-state index >= 15 is 0 Å². The van der Waals surface area contributed by atoms with E-state index in [0.29, 0.717) is 11.7 Å². The Labute approximate surface area is 136 Å². The lowest BCUT2D eigenvalue weighted by atomic mass is 10.1. The molecule has 124 valence electrons. The second-order valence-electron chi connectivity index (χ2n) is 7.04. The smallest absolute Gasteiger partial charge is 0.408 e. The Hall–Kier alpha value is -2.37. The summed E-state index contributed by atoms with van der Waals surface area (Å²) in [5.74, 6) is 0.808. The molecule has 0 radical (unpaired) electrons. The number of nitrogens with one attached hydrogen (secondary N) is 1.